The van der Waals surface area contributed by atoms with Crippen LogP contribution in [-0.2, 0) is 6.54 Å². The van der Waals surface area contributed by atoms with E-state index in [1.807, 2.05) is 0 Å². The Morgan fingerprint density at radius 2 is 2.64 bits per heavy atom. The Kier molecular flexibility index (Phi) is 2.10. The number of carbonyl (C=O) groups excluding carboxylic acids is 1. The number of oxazole rings is 1. The summed E-state index contributed by atoms with van der Waals surface area (Å²) in [5, 5.41) is 2.36. The van der Waals surface area contributed by atoms with Crippen molar-refractivity contribution in [2.24, 2.45) is 5.73 Å². The Balaban J connectivity index is 2.45. The van der Waals surface area contributed by atoms with Crippen LogP contribution in [-0.4, -0.2) is 11.0 Å². The van der Waals surface area contributed by atoms with Crippen molar-refractivity contribution < 1.29 is 9.21 Å². The largest absolute Gasteiger partial charge is 0.444 e. The van der Waals surface area contributed by atoms with Crippen LogP contribution in [0.3, 0.4) is 0 Å². The predicted octanol–water partition coefficient (Wildman–Crippen LogP) is 0.151. The van der Waals surface area contributed by atoms with Gasteiger partial charge in [-0.15, -0.1) is 0 Å². The van der Waals surface area contributed by atoms with E-state index in [2.05, 4.69) is 10.3 Å². The molecule has 1 heterocycles. The van der Waals surface area contributed by atoms with Crippen molar-refractivity contribution in [2.75, 3.05) is 0 Å². The fourth-order valence-electron chi connectivity index (χ4n) is 0.646. The molecule has 0 aliphatic heterocycles. The highest BCUT2D eigenvalue weighted by Gasteiger charge is 1.99. The number of hydrogen-bond donors (Lipinski definition) is 2. The van der Waals surface area contributed by atoms with Gasteiger partial charge in [-0.2, -0.15) is 0 Å². The lowest BCUT2D eigenvalue weighted by atomic mass is 10.6. The van der Waals surface area contributed by atoms with Crippen LogP contribution in [0.5, 0.6) is 0 Å². The molecular formula is C6H9N3O2. The number of aryl methyl sites for hydroxylation is 1. The van der Waals surface area contributed by atoms with E-state index in [1.54, 1.807) is 13.1 Å². The maximum Gasteiger partial charge on any atom is 0.312 e. The van der Waals surface area contributed by atoms with Crippen molar-refractivity contribution in [1.29, 1.82) is 0 Å². The summed E-state index contributed by atoms with van der Waals surface area (Å²) >= 11 is 0. The minimum atomic E-state index is -0.583. The molecule has 0 unspecified atom stereocenters. The number of amides is 2. The molecule has 0 aliphatic rings. The van der Waals surface area contributed by atoms with Gasteiger partial charge in [0.05, 0.1) is 12.7 Å². The zero-order valence-electron chi connectivity index (χ0n) is 6.13. The standard InChI is InChI=1S/C6H9N3O2/c1-4-2-8-5(11-4)3-9-6(7)10/h2H,3H2,1H3,(H3,7,9,10). The molecule has 0 radical (unpaired) electrons. The summed E-state index contributed by atoms with van der Waals surface area (Å²) in [6.07, 6.45) is 1.58. The Hall–Kier alpha value is -1.52. The molecule has 2 amide bonds. The number of urea groups is 1. The molecule has 0 bridgehead atoms. The van der Waals surface area contributed by atoms with Gasteiger partial charge in [0.1, 0.15) is 5.76 Å². The van der Waals surface area contributed by atoms with E-state index in [-0.39, 0.29) is 6.54 Å². The third kappa shape index (κ3) is 2.29. The highest BCUT2D eigenvalue weighted by Crippen LogP contribution is 1.99. The van der Waals surface area contributed by atoms with Crippen molar-refractivity contribution in [1.82, 2.24) is 10.3 Å². The average Bonchev–Trinajstić information content (AvgIpc) is 2.31. The maximum atomic E-state index is 10.2. The zero-order chi connectivity index (χ0) is 8.27. The van der Waals surface area contributed by atoms with Crippen LogP contribution < -0.4 is 11.1 Å². The molecular weight excluding hydrogens is 146 g/mol. The fourth-order valence-corrected chi connectivity index (χ4v) is 0.646. The number of rotatable bonds is 2. The van der Waals surface area contributed by atoms with Crippen LogP contribution in [0.1, 0.15) is 11.7 Å². The van der Waals surface area contributed by atoms with Gasteiger partial charge in [-0.1, -0.05) is 0 Å². The molecule has 3 N–H and O–H groups in total. The van der Waals surface area contributed by atoms with Crippen LogP contribution in [0.4, 0.5) is 4.79 Å². The number of aromatic nitrogens is 1. The van der Waals surface area contributed by atoms with E-state index < -0.39 is 6.03 Å². The molecule has 60 valence electrons. The normalized spacial score (nSPS) is 9.55. The summed E-state index contributed by atoms with van der Waals surface area (Å²) in [7, 11) is 0. The predicted molar refractivity (Wildman–Crippen MR) is 37.7 cm³/mol. The van der Waals surface area contributed by atoms with Crippen LogP contribution in [0.15, 0.2) is 10.6 Å². The van der Waals surface area contributed by atoms with E-state index in [4.69, 9.17) is 10.2 Å². The monoisotopic (exact) mass is 155 g/mol. The topological polar surface area (TPSA) is 81.1 Å². The molecule has 5 heteroatoms. The number of carbonyl (C=O) groups is 1. The summed E-state index contributed by atoms with van der Waals surface area (Å²) in [5.74, 6) is 1.17. The molecule has 1 rings (SSSR count). The SMILES string of the molecule is Cc1cnc(CNC(N)=O)o1. The van der Waals surface area contributed by atoms with Crippen molar-refractivity contribution in [3.05, 3.63) is 17.8 Å². The van der Waals surface area contributed by atoms with Crippen molar-refractivity contribution in [3.63, 3.8) is 0 Å². The van der Waals surface area contributed by atoms with Crippen LogP contribution in [0.2, 0.25) is 0 Å². The molecule has 0 saturated carbocycles. The smallest absolute Gasteiger partial charge is 0.312 e. The number of nitrogens with zero attached hydrogens (tertiary/aromatic N) is 1. The minimum Gasteiger partial charge on any atom is -0.444 e. The van der Waals surface area contributed by atoms with E-state index >= 15 is 0 Å². The van der Waals surface area contributed by atoms with E-state index in [0.717, 1.165) is 0 Å². The van der Waals surface area contributed by atoms with Gasteiger partial charge < -0.3 is 15.5 Å². The van der Waals surface area contributed by atoms with Gasteiger partial charge in [-0.25, -0.2) is 9.78 Å². The molecule has 0 fully saturated rings. The summed E-state index contributed by atoms with van der Waals surface area (Å²) in [6, 6.07) is -0.583. The molecule has 11 heavy (non-hydrogen) atoms. The van der Waals surface area contributed by atoms with Crippen LogP contribution >= 0.6 is 0 Å². The lowest BCUT2D eigenvalue weighted by molar-refractivity contribution is 0.247. The number of nitrogens with one attached hydrogen (secondary N) is 1. The van der Waals surface area contributed by atoms with Crippen molar-refractivity contribution in [3.8, 4) is 0 Å². The van der Waals surface area contributed by atoms with Gasteiger partial charge in [-0.3, -0.25) is 0 Å². The van der Waals surface area contributed by atoms with Gasteiger partial charge in [0, 0.05) is 0 Å². The molecule has 1 aromatic heterocycles. The summed E-state index contributed by atoms with van der Waals surface area (Å²) in [6.45, 7) is 2.02. The molecule has 0 aromatic carbocycles. The average molecular weight is 155 g/mol. The first kappa shape index (κ1) is 7.59. The third-order valence-electron chi connectivity index (χ3n) is 1.08. The Bertz CT molecular complexity index is 256. The second kappa shape index (κ2) is 3.05. The first-order valence-corrected chi connectivity index (χ1v) is 3.13. The second-order valence-corrected chi connectivity index (χ2v) is 2.08. The van der Waals surface area contributed by atoms with Gasteiger partial charge in [0.25, 0.3) is 0 Å². The number of nitrogens with two attached hydrogens (primary N) is 1. The maximum absolute atomic E-state index is 10.2. The van der Waals surface area contributed by atoms with Gasteiger partial charge in [0.2, 0.25) is 5.89 Å². The Morgan fingerprint density at radius 3 is 3.09 bits per heavy atom. The first-order chi connectivity index (χ1) is 5.18. The van der Waals surface area contributed by atoms with Gasteiger partial charge >= 0.3 is 6.03 Å². The lowest BCUT2D eigenvalue weighted by Crippen LogP contribution is -2.28. The van der Waals surface area contributed by atoms with Crippen molar-refractivity contribution in [2.45, 2.75) is 13.5 Å². The van der Waals surface area contributed by atoms with Crippen LogP contribution in [0.25, 0.3) is 0 Å². The van der Waals surface area contributed by atoms with Crippen LogP contribution in [0, 0.1) is 6.92 Å². The molecule has 0 spiro atoms. The number of hydrogen-bond acceptors (Lipinski definition) is 3. The lowest BCUT2D eigenvalue weighted by Gasteiger charge is -1.94. The first-order valence-electron chi connectivity index (χ1n) is 3.13. The Labute approximate surface area is 63.6 Å². The van der Waals surface area contributed by atoms with Crippen molar-refractivity contribution >= 4 is 6.03 Å². The highest BCUT2D eigenvalue weighted by atomic mass is 16.4. The second-order valence-electron chi connectivity index (χ2n) is 2.08. The molecule has 5 nitrogen and oxygen atoms in total. The van der Waals surface area contributed by atoms with E-state index in [0.29, 0.717) is 11.7 Å². The Morgan fingerprint density at radius 1 is 1.91 bits per heavy atom. The minimum absolute atomic E-state index is 0.239. The summed E-state index contributed by atoms with van der Waals surface area (Å²) < 4.78 is 5.05. The molecule has 0 atom stereocenters. The third-order valence-corrected chi connectivity index (χ3v) is 1.08. The molecule has 0 aliphatic carbocycles. The fraction of sp³-hybridized carbons (Fsp3) is 0.333. The van der Waals surface area contributed by atoms with E-state index in [1.165, 1.54) is 0 Å². The zero-order valence-corrected chi connectivity index (χ0v) is 6.13. The summed E-state index contributed by atoms with van der Waals surface area (Å²) in [5.41, 5.74) is 4.83. The number of primary amides is 1. The molecule has 0 saturated heterocycles. The van der Waals surface area contributed by atoms with Gasteiger partial charge in [-0.05, 0) is 6.92 Å². The quantitative estimate of drug-likeness (QED) is 0.637. The summed E-state index contributed by atoms with van der Waals surface area (Å²) in [4.78, 5) is 14.1. The van der Waals surface area contributed by atoms with Gasteiger partial charge in [0.15, 0.2) is 0 Å². The highest BCUT2D eigenvalue weighted by molar-refractivity contribution is 5.71. The molecule has 1 aromatic rings. The van der Waals surface area contributed by atoms with E-state index in [9.17, 15) is 4.79 Å².